The molecule has 1 N–H and O–H groups in total. The van der Waals surface area contributed by atoms with Crippen LogP contribution in [0.3, 0.4) is 0 Å². The van der Waals surface area contributed by atoms with Crippen LogP contribution in [0, 0.1) is 13.8 Å². The van der Waals surface area contributed by atoms with Crippen molar-refractivity contribution >= 4 is 34.2 Å². The molecule has 168 valence electrons. The standard InChI is InChI=1S/C25H26N6O2/c1-17-7-9-19(10-8-17)28-23-16-24(27-18(2)26-23)30-11-13-31(14-12-30)25(32)15-21-20-5-3-4-6-22(20)33-29-21/h3-10,16H,11-15H2,1-2H3,(H,26,27,28). The first kappa shape index (κ1) is 20.9. The molecule has 0 aliphatic carbocycles. The third-order valence-corrected chi connectivity index (χ3v) is 5.88. The Morgan fingerprint density at radius 3 is 2.55 bits per heavy atom. The Hall–Kier alpha value is -3.94. The Kier molecular flexibility index (Phi) is 5.64. The zero-order valence-electron chi connectivity index (χ0n) is 18.8. The summed E-state index contributed by atoms with van der Waals surface area (Å²) in [6, 6.07) is 17.8. The molecule has 0 bridgehead atoms. The van der Waals surface area contributed by atoms with E-state index in [0.29, 0.717) is 43.3 Å². The van der Waals surface area contributed by atoms with Crippen LogP contribution in [0.4, 0.5) is 17.3 Å². The number of nitrogens with zero attached hydrogens (tertiary/aromatic N) is 5. The van der Waals surface area contributed by atoms with Crippen LogP contribution in [-0.4, -0.2) is 52.1 Å². The normalized spacial score (nSPS) is 14.0. The van der Waals surface area contributed by atoms with Gasteiger partial charge in [-0.25, -0.2) is 9.97 Å². The summed E-state index contributed by atoms with van der Waals surface area (Å²) in [5.41, 5.74) is 3.60. The maximum Gasteiger partial charge on any atom is 0.228 e. The molecule has 8 heteroatoms. The highest BCUT2D eigenvalue weighted by Crippen LogP contribution is 2.22. The molecule has 1 aliphatic rings. The number of hydrogen-bond donors (Lipinski definition) is 1. The molecule has 0 atom stereocenters. The molecular formula is C25H26N6O2. The number of fused-ring (bicyclic) bond motifs is 1. The molecule has 5 rings (SSSR count). The number of aromatic nitrogens is 3. The van der Waals surface area contributed by atoms with Crippen molar-refractivity contribution in [2.24, 2.45) is 0 Å². The highest BCUT2D eigenvalue weighted by molar-refractivity contribution is 5.86. The second-order valence-electron chi connectivity index (χ2n) is 8.32. The van der Waals surface area contributed by atoms with E-state index in [0.717, 1.165) is 22.7 Å². The highest BCUT2D eigenvalue weighted by atomic mass is 16.5. The summed E-state index contributed by atoms with van der Waals surface area (Å²) in [7, 11) is 0. The molecular weight excluding hydrogens is 416 g/mol. The minimum absolute atomic E-state index is 0.0642. The lowest BCUT2D eigenvalue weighted by molar-refractivity contribution is -0.130. The van der Waals surface area contributed by atoms with Crippen LogP contribution in [0.1, 0.15) is 17.1 Å². The lowest BCUT2D eigenvalue weighted by Crippen LogP contribution is -2.49. The van der Waals surface area contributed by atoms with Gasteiger partial charge in [0.1, 0.15) is 23.2 Å². The molecule has 1 fully saturated rings. The fourth-order valence-electron chi connectivity index (χ4n) is 4.07. The summed E-state index contributed by atoms with van der Waals surface area (Å²) in [5, 5.41) is 8.35. The first-order valence-electron chi connectivity index (χ1n) is 11.1. The highest BCUT2D eigenvalue weighted by Gasteiger charge is 2.24. The molecule has 3 heterocycles. The van der Waals surface area contributed by atoms with Gasteiger partial charge in [-0.15, -0.1) is 0 Å². The molecule has 4 aromatic rings. The summed E-state index contributed by atoms with van der Waals surface area (Å²) in [5.74, 6) is 2.40. The van der Waals surface area contributed by atoms with E-state index >= 15 is 0 Å². The van der Waals surface area contributed by atoms with Crippen LogP contribution in [0.5, 0.6) is 0 Å². The van der Waals surface area contributed by atoms with Gasteiger partial charge in [-0.3, -0.25) is 4.79 Å². The van der Waals surface area contributed by atoms with Gasteiger partial charge in [0.25, 0.3) is 0 Å². The van der Waals surface area contributed by atoms with Crippen molar-refractivity contribution < 1.29 is 9.32 Å². The maximum absolute atomic E-state index is 12.9. The quantitative estimate of drug-likeness (QED) is 0.502. The molecule has 0 unspecified atom stereocenters. The van der Waals surface area contributed by atoms with Crippen molar-refractivity contribution in [1.29, 1.82) is 0 Å². The number of hydrogen-bond acceptors (Lipinski definition) is 7. The van der Waals surface area contributed by atoms with Crippen LogP contribution in [0.25, 0.3) is 11.0 Å². The molecule has 2 aromatic heterocycles. The number of rotatable bonds is 5. The van der Waals surface area contributed by atoms with Crippen molar-refractivity contribution in [1.82, 2.24) is 20.0 Å². The van der Waals surface area contributed by atoms with Crippen molar-refractivity contribution in [2.45, 2.75) is 20.3 Å². The Morgan fingerprint density at radius 1 is 1.00 bits per heavy atom. The smallest absolute Gasteiger partial charge is 0.228 e. The topological polar surface area (TPSA) is 87.4 Å². The number of para-hydroxylation sites is 1. The van der Waals surface area contributed by atoms with Crippen molar-refractivity contribution in [3.05, 3.63) is 71.7 Å². The Labute approximate surface area is 192 Å². The monoisotopic (exact) mass is 442 g/mol. The average molecular weight is 443 g/mol. The van der Waals surface area contributed by atoms with Gasteiger partial charge in [0, 0.05) is 43.3 Å². The van der Waals surface area contributed by atoms with Crippen molar-refractivity contribution in [3.63, 3.8) is 0 Å². The van der Waals surface area contributed by atoms with E-state index in [1.54, 1.807) is 0 Å². The average Bonchev–Trinajstić information content (AvgIpc) is 3.23. The number of aryl methyl sites for hydroxylation is 2. The fraction of sp³-hybridized carbons (Fsp3) is 0.280. The molecule has 1 amide bonds. The zero-order valence-corrected chi connectivity index (χ0v) is 18.8. The van der Waals surface area contributed by atoms with Crippen LogP contribution in [-0.2, 0) is 11.2 Å². The molecule has 33 heavy (non-hydrogen) atoms. The predicted octanol–water partition coefficient (Wildman–Crippen LogP) is 3.87. The third kappa shape index (κ3) is 4.64. The molecule has 2 aromatic carbocycles. The van der Waals surface area contributed by atoms with Gasteiger partial charge in [0.2, 0.25) is 5.91 Å². The molecule has 1 saturated heterocycles. The van der Waals surface area contributed by atoms with Gasteiger partial charge in [0.05, 0.1) is 6.42 Å². The summed E-state index contributed by atoms with van der Waals surface area (Å²) < 4.78 is 5.33. The lowest BCUT2D eigenvalue weighted by atomic mass is 10.1. The largest absolute Gasteiger partial charge is 0.356 e. The molecule has 0 saturated carbocycles. The van der Waals surface area contributed by atoms with Gasteiger partial charge in [-0.2, -0.15) is 0 Å². The number of carbonyl (C=O) groups excluding carboxylic acids is 1. The summed E-state index contributed by atoms with van der Waals surface area (Å²) in [6.45, 7) is 6.66. The van der Waals surface area contributed by atoms with E-state index in [4.69, 9.17) is 4.52 Å². The van der Waals surface area contributed by atoms with Crippen LogP contribution in [0.2, 0.25) is 0 Å². The molecule has 8 nitrogen and oxygen atoms in total. The second-order valence-corrected chi connectivity index (χ2v) is 8.32. The van der Waals surface area contributed by atoms with Crippen LogP contribution in [0.15, 0.2) is 59.1 Å². The fourth-order valence-corrected chi connectivity index (χ4v) is 4.07. The Morgan fingerprint density at radius 2 is 1.76 bits per heavy atom. The Balaban J connectivity index is 1.23. The van der Waals surface area contributed by atoms with Gasteiger partial charge in [0.15, 0.2) is 5.58 Å². The maximum atomic E-state index is 12.9. The van der Waals surface area contributed by atoms with Gasteiger partial charge in [-0.05, 0) is 38.1 Å². The van der Waals surface area contributed by atoms with E-state index < -0.39 is 0 Å². The molecule has 0 radical (unpaired) electrons. The van der Waals surface area contributed by atoms with E-state index in [1.165, 1.54) is 5.56 Å². The number of carbonyl (C=O) groups is 1. The van der Waals surface area contributed by atoms with Crippen LogP contribution >= 0.6 is 0 Å². The first-order valence-corrected chi connectivity index (χ1v) is 11.1. The first-order chi connectivity index (χ1) is 16.0. The van der Waals surface area contributed by atoms with Gasteiger partial charge in [-0.1, -0.05) is 35.0 Å². The Bertz CT molecular complexity index is 1280. The minimum atomic E-state index is 0.0642. The number of piperazine rings is 1. The summed E-state index contributed by atoms with van der Waals surface area (Å²) in [4.78, 5) is 26.1. The van der Waals surface area contributed by atoms with Crippen molar-refractivity contribution in [3.8, 4) is 0 Å². The van der Waals surface area contributed by atoms with Gasteiger partial charge < -0.3 is 19.6 Å². The minimum Gasteiger partial charge on any atom is -0.356 e. The van der Waals surface area contributed by atoms with Gasteiger partial charge >= 0.3 is 0 Å². The summed E-state index contributed by atoms with van der Waals surface area (Å²) >= 11 is 0. The number of amides is 1. The van der Waals surface area contributed by atoms with Crippen molar-refractivity contribution in [2.75, 3.05) is 36.4 Å². The number of nitrogens with one attached hydrogen (secondary N) is 1. The van der Waals surface area contributed by atoms with E-state index in [1.807, 2.05) is 54.3 Å². The second kappa shape index (κ2) is 8.90. The lowest BCUT2D eigenvalue weighted by Gasteiger charge is -2.35. The zero-order chi connectivity index (χ0) is 22.8. The van der Waals surface area contributed by atoms with E-state index in [-0.39, 0.29) is 12.3 Å². The van der Waals surface area contributed by atoms with E-state index in [9.17, 15) is 4.79 Å². The SMILES string of the molecule is Cc1ccc(Nc2cc(N3CCN(C(=O)Cc4noc5ccccc45)CC3)nc(C)n2)cc1. The predicted molar refractivity (Wildman–Crippen MR) is 128 cm³/mol. The van der Waals surface area contributed by atoms with E-state index in [2.05, 4.69) is 44.4 Å². The molecule has 1 aliphatic heterocycles. The molecule has 0 spiro atoms. The number of benzene rings is 2. The third-order valence-electron chi connectivity index (χ3n) is 5.88. The van der Waals surface area contributed by atoms with Crippen LogP contribution < -0.4 is 10.2 Å². The number of anilines is 3. The summed E-state index contributed by atoms with van der Waals surface area (Å²) in [6.07, 6.45) is 0.244.